The van der Waals surface area contributed by atoms with Gasteiger partial charge in [-0.2, -0.15) is 5.10 Å². The van der Waals surface area contributed by atoms with E-state index in [1.807, 2.05) is 24.3 Å². The lowest BCUT2D eigenvalue weighted by atomic mass is 9.84. The number of phenolic OH excluding ortho intramolecular Hbond substituents is 2. The molecule has 5 aromatic rings. The van der Waals surface area contributed by atoms with Crippen molar-refractivity contribution in [2.24, 2.45) is 0 Å². The molecule has 0 radical (unpaired) electrons. The number of fused-ring (bicyclic) bond motifs is 3. The van der Waals surface area contributed by atoms with E-state index in [0.717, 1.165) is 5.56 Å². The van der Waals surface area contributed by atoms with E-state index in [1.165, 1.54) is 24.5 Å². The van der Waals surface area contributed by atoms with E-state index in [9.17, 15) is 19.8 Å². The second-order valence-electron chi connectivity index (χ2n) is 8.70. The minimum Gasteiger partial charge on any atom is -0.508 e. The zero-order valence-electron chi connectivity index (χ0n) is 19.5. The largest absolute Gasteiger partial charge is 0.508 e. The van der Waals surface area contributed by atoms with Gasteiger partial charge in [0.25, 0.3) is 0 Å². The number of ether oxygens (including phenoxy) is 2. The van der Waals surface area contributed by atoms with E-state index in [4.69, 9.17) is 13.9 Å². The van der Waals surface area contributed by atoms with Crippen LogP contribution in [0.3, 0.4) is 0 Å². The van der Waals surface area contributed by atoms with Gasteiger partial charge in [-0.25, -0.2) is 0 Å². The number of esters is 1. The Morgan fingerprint density at radius 1 is 1.03 bits per heavy atom. The van der Waals surface area contributed by atoms with E-state index in [2.05, 4.69) is 10.2 Å². The van der Waals surface area contributed by atoms with Crippen LogP contribution < -0.4 is 14.9 Å². The van der Waals surface area contributed by atoms with Crippen LogP contribution in [0.25, 0.3) is 33.4 Å². The molecule has 6 rings (SSSR count). The number of benzene rings is 3. The number of rotatable bonds is 4. The van der Waals surface area contributed by atoms with Crippen molar-refractivity contribution >= 4 is 16.9 Å². The lowest BCUT2D eigenvalue weighted by molar-refractivity contribution is -0.135. The quantitative estimate of drug-likeness (QED) is 0.241. The summed E-state index contributed by atoms with van der Waals surface area (Å²) in [5, 5.41) is 27.6. The minimum atomic E-state index is -0.558. The second-order valence-corrected chi connectivity index (χ2v) is 8.70. The summed E-state index contributed by atoms with van der Waals surface area (Å²) in [5.74, 6) is -0.528. The number of phenols is 2. The van der Waals surface area contributed by atoms with Crippen molar-refractivity contribution in [1.82, 2.24) is 10.2 Å². The fourth-order valence-corrected chi connectivity index (χ4v) is 4.79. The summed E-state index contributed by atoms with van der Waals surface area (Å²) in [5.41, 5.74) is 3.11. The fourth-order valence-electron chi connectivity index (χ4n) is 4.79. The van der Waals surface area contributed by atoms with Gasteiger partial charge in [-0.05, 0) is 42.0 Å². The molecule has 0 saturated carbocycles. The van der Waals surface area contributed by atoms with Crippen molar-refractivity contribution in [2.45, 2.75) is 12.3 Å². The highest BCUT2D eigenvalue weighted by Gasteiger charge is 2.35. The van der Waals surface area contributed by atoms with Gasteiger partial charge in [-0.3, -0.25) is 14.7 Å². The molecule has 0 aliphatic carbocycles. The van der Waals surface area contributed by atoms with Crippen LogP contribution in [0.5, 0.6) is 23.0 Å². The molecule has 3 N–H and O–H groups in total. The van der Waals surface area contributed by atoms with Gasteiger partial charge >= 0.3 is 5.97 Å². The number of nitrogens with zero attached hydrogens (tertiary/aromatic N) is 1. The molecule has 2 aromatic heterocycles. The van der Waals surface area contributed by atoms with Crippen molar-refractivity contribution in [3.63, 3.8) is 0 Å². The average molecular weight is 496 g/mol. The van der Waals surface area contributed by atoms with E-state index in [-0.39, 0.29) is 40.2 Å². The monoisotopic (exact) mass is 496 g/mol. The van der Waals surface area contributed by atoms with Gasteiger partial charge in [-0.15, -0.1) is 0 Å². The summed E-state index contributed by atoms with van der Waals surface area (Å²) in [6.45, 7) is 0. The number of nitrogens with one attached hydrogen (secondary N) is 1. The molecule has 0 fully saturated rings. The lowest BCUT2D eigenvalue weighted by Gasteiger charge is -2.25. The van der Waals surface area contributed by atoms with Crippen LogP contribution in [0.2, 0.25) is 0 Å². The van der Waals surface area contributed by atoms with E-state index < -0.39 is 17.3 Å². The number of hydrogen-bond donors (Lipinski definition) is 3. The number of aromatic amines is 1. The van der Waals surface area contributed by atoms with E-state index in [0.29, 0.717) is 28.1 Å². The average Bonchev–Trinajstić information content (AvgIpc) is 3.39. The van der Waals surface area contributed by atoms with Crippen molar-refractivity contribution in [3.05, 3.63) is 88.4 Å². The van der Waals surface area contributed by atoms with Gasteiger partial charge in [0.05, 0.1) is 31.0 Å². The summed E-state index contributed by atoms with van der Waals surface area (Å²) in [6, 6.07) is 14.7. The van der Waals surface area contributed by atoms with Gasteiger partial charge < -0.3 is 24.1 Å². The molecule has 1 aliphatic heterocycles. The zero-order chi connectivity index (χ0) is 25.7. The van der Waals surface area contributed by atoms with Crippen LogP contribution in [0.1, 0.15) is 23.5 Å². The van der Waals surface area contributed by atoms with Crippen LogP contribution in [0, 0.1) is 0 Å². The first kappa shape index (κ1) is 22.4. The maximum absolute atomic E-state index is 13.5. The molecule has 3 aromatic carbocycles. The van der Waals surface area contributed by atoms with Crippen LogP contribution in [0.15, 0.2) is 76.3 Å². The van der Waals surface area contributed by atoms with E-state index in [1.54, 1.807) is 25.4 Å². The molecule has 0 unspecified atom stereocenters. The number of aromatic hydroxyl groups is 2. The Morgan fingerprint density at radius 3 is 2.49 bits per heavy atom. The predicted molar refractivity (Wildman–Crippen MR) is 134 cm³/mol. The van der Waals surface area contributed by atoms with Crippen molar-refractivity contribution < 1.29 is 28.9 Å². The minimum absolute atomic E-state index is 0.0149. The first-order valence-electron chi connectivity index (χ1n) is 11.4. The molecule has 0 bridgehead atoms. The number of carbonyl (C=O) groups is 1. The third kappa shape index (κ3) is 3.68. The number of carbonyl (C=O) groups excluding carboxylic acids is 1. The first-order chi connectivity index (χ1) is 17.9. The molecular formula is C28H20N2O7. The summed E-state index contributed by atoms with van der Waals surface area (Å²) < 4.78 is 16.7. The van der Waals surface area contributed by atoms with Crippen molar-refractivity contribution in [1.29, 1.82) is 0 Å². The second kappa shape index (κ2) is 8.56. The lowest BCUT2D eigenvalue weighted by Crippen LogP contribution is -2.22. The molecule has 184 valence electrons. The zero-order valence-corrected chi connectivity index (χ0v) is 19.5. The standard InChI is InChI=1S/C28H20N2O7/c1-35-17-8-4-15(5-9-17)26-19(12-29-30-26)18-10-23(33)37-22-11-21(32)25-27(34)20(13-36-28(25)24(18)22)14-2-6-16(31)7-3-14/h2-9,11-13,18,31-32H,10H2,1H3,(H,29,30)/t18-/m0/s1. The predicted octanol–water partition coefficient (Wildman–Crippen LogP) is 4.71. The molecule has 0 saturated heterocycles. The Labute approximate surface area is 209 Å². The van der Waals surface area contributed by atoms with Crippen LogP contribution in [-0.2, 0) is 4.79 Å². The summed E-state index contributed by atoms with van der Waals surface area (Å²) >= 11 is 0. The Kier molecular flexibility index (Phi) is 5.19. The Hall–Kier alpha value is -5.05. The third-order valence-corrected chi connectivity index (χ3v) is 6.57. The van der Waals surface area contributed by atoms with Crippen molar-refractivity contribution in [3.8, 4) is 45.4 Å². The molecule has 3 heterocycles. The summed E-state index contributed by atoms with van der Waals surface area (Å²) in [7, 11) is 1.59. The maximum atomic E-state index is 13.5. The Balaban J connectivity index is 1.55. The van der Waals surface area contributed by atoms with Crippen LogP contribution >= 0.6 is 0 Å². The smallest absolute Gasteiger partial charge is 0.312 e. The molecule has 0 amide bonds. The topological polar surface area (TPSA) is 135 Å². The van der Waals surface area contributed by atoms with Gasteiger partial charge in [0.2, 0.25) is 5.43 Å². The normalized spacial score (nSPS) is 14.8. The van der Waals surface area contributed by atoms with Gasteiger partial charge in [-0.1, -0.05) is 12.1 Å². The van der Waals surface area contributed by atoms with E-state index >= 15 is 0 Å². The Bertz CT molecular complexity index is 1720. The molecule has 9 heteroatoms. The number of H-pyrrole nitrogens is 1. The summed E-state index contributed by atoms with van der Waals surface area (Å²) in [6.07, 6.45) is 2.93. The molecule has 0 spiro atoms. The van der Waals surface area contributed by atoms with Gasteiger partial charge in [0.15, 0.2) is 0 Å². The van der Waals surface area contributed by atoms with Crippen LogP contribution in [0.4, 0.5) is 0 Å². The number of aromatic nitrogens is 2. The fraction of sp³-hybridized carbons (Fsp3) is 0.107. The maximum Gasteiger partial charge on any atom is 0.312 e. The number of methoxy groups -OCH3 is 1. The molecule has 1 aliphatic rings. The molecule has 1 atom stereocenters. The summed E-state index contributed by atoms with van der Waals surface area (Å²) in [4.78, 5) is 26.1. The third-order valence-electron chi connectivity index (χ3n) is 6.57. The van der Waals surface area contributed by atoms with Gasteiger partial charge in [0, 0.05) is 28.7 Å². The SMILES string of the molecule is COc1ccc(-c2[nH]ncc2[C@@H]2CC(=O)Oc3cc(O)c4c(=O)c(-c5ccc(O)cc5)coc4c32)cc1. The number of hydrogen-bond acceptors (Lipinski definition) is 8. The Morgan fingerprint density at radius 2 is 1.76 bits per heavy atom. The molecule has 9 nitrogen and oxygen atoms in total. The van der Waals surface area contributed by atoms with Crippen molar-refractivity contribution in [2.75, 3.05) is 7.11 Å². The molecular weight excluding hydrogens is 476 g/mol. The van der Waals surface area contributed by atoms with Gasteiger partial charge in [0.1, 0.15) is 40.2 Å². The highest BCUT2D eigenvalue weighted by atomic mass is 16.5. The molecule has 37 heavy (non-hydrogen) atoms. The first-order valence-corrected chi connectivity index (χ1v) is 11.4. The van der Waals surface area contributed by atoms with Crippen LogP contribution in [-0.4, -0.2) is 33.5 Å². The highest BCUT2D eigenvalue weighted by Crippen LogP contribution is 2.47. The highest BCUT2D eigenvalue weighted by molar-refractivity contribution is 5.94.